The number of hydrogen-bond donors (Lipinski definition) is 7. The second-order valence-electron chi connectivity index (χ2n) is 25.6. The quantitative estimate of drug-likeness (QED) is 0.0588. The molecule has 0 spiro atoms. The maximum atomic E-state index is 13.4. The molecule has 9 rings (SSSR count). The predicted octanol–water partition coefficient (Wildman–Crippen LogP) is 2.17. The van der Waals surface area contributed by atoms with Crippen molar-refractivity contribution in [3.8, 4) is 0 Å². The van der Waals surface area contributed by atoms with Crippen molar-refractivity contribution in [2.75, 3.05) is 35.0 Å². The molecule has 30 atom stereocenters. The molecule has 84 heavy (non-hydrogen) atoms. The summed E-state index contributed by atoms with van der Waals surface area (Å²) in [6, 6.07) is 0. The van der Waals surface area contributed by atoms with Crippen molar-refractivity contribution >= 4 is 11.8 Å². The van der Waals surface area contributed by atoms with Gasteiger partial charge in [-0.05, 0) is 98.8 Å². The van der Waals surface area contributed by atoms with Gasteiger partial charge in [-0.2, -0.15) is 0 Å². The summed E-state index contributed by atoms with van der Waals surface area (Å²) in [4.78, 5) is 26.6. The van der Waals surface area contributed by atoms with Gasteiger partial charge in [0.05, 0.1) is 55.4 Å². The number of aliphatic hydroxyl groups excluding tert-OH is 5. The van der Waals surface area contributed by atoms with E-state index in [-0.39, 0.29) is 31.1 Å². The number of allylic oxidation sites excluding steroid dienone is 1. The molecule has 8 fully saturated rings. The number of ketones is 1. The number of aliphatic hydroxyl groups is 7. The number of Topliss-reactive ketones (excluding diaryl/α,β-unsaturated/α-hetero) is 1. The number of methoxy groups -OCH3 is 4. The average molecular weight is 1200 g/mol. The highest BCUT2D eigenvalue weighted by Crippen LogP contribution is 2.70. The van der Waals surface area contributed by atoms with Gasteiger partial charge in [0.2, 0.25) is 0 Å². The van der Waals surface area contributed by atoms with Crippen molar-refractivity contribution in [3.63, 3.8) is 0 Å². The maximum absolute atomic E-state index is 13.4. The molecule has 0 aromatic rings. The van der Waals surface area contributed by atoms with Crippen molar-refractivity contribution in [1.82, 2.24) is 0 Å². The first-order chi connectivity index (χ1) is 39.7. The van der Waals surface area contributed by atoms with E-state index in [0.29, 0.717) is 50.5 Å². The summed E-state index contributed by atoms with van der Waals surface area (Å²) in [7, 11) is 6.14. The molecule has 24 heteroatoms. The summed E-state index contributed by atoms with van der Waals surface area (Å²) in [6.45, 7) is 15.5. The van der Waals surface area contributed by atoms with Crippen LogP contribution in [0.5, 0.6) is 0 Å². The first-order valence-corrected chi connectivity index (χ1v) is 30.2. The second kappa shape index (κ2) is 26.3. The van der Waals surface area contributed by atoms with E-state index < -0.39 is 188 Å². The van der Waals surface area contributed by atoms with Crippen LogP contribution in [0.1, 0.15) is 127 Å². The Morgan fingerprint density at radius 3 is 1.68 bits per heavy atom. The molecule has 0 aromatic heterocycles. The number of hydrogen-bond acceptors (Lipinski definition) is 24. The number of rotatable bonds is 18. The van der Waals surface area contributed by atoms with Gasteiger partial charge >= 0.3 is 5.97 Å². The average Bonchev–Trinajstić information content (AvgIpc) is 1.31. The molecule has 3 saturated carbocycles. The van der Waals surface area contributed by atoms with E-state index in [1.165, 1.54) is 21.1 Å². The topological polar surface area (TPSA) is 314 Å². The van der Waals surface area contributed by atoms with E-state index in [9.17, 15) is 45.3 Å². The molecule has 0 aromatic carbocycles. The van der Waals surface area contributed by atoms with Crippen molar-refractivity contribution in [2.45, 2.75) is 285 Å². The second-order valence-corrected chi connectivity index (χ2v) is 25.6. The third-order valence-electron chi connectivity index (χ3n) is 21.1. The van der Waals surface area contributed by atoms with Crippen LogP contribution < -0.4 is 0 Å². The van der Waals surface area contributed by atoms with Crippen LogP contribution in [0.15, 0.2) is 23.3 Å². The highest BCUT2D eigenvalue weighted by Gasteiger charge is 2.77. The fourth-order valence-corrected chi connectivity index (χ4v) is 16.0. The van der Waals surface area contributed by atoms with E-state index >= 15 is 0 Å². The first kappa shape index (κ1) is 66.2. The Labute approximate surface area is 492 Å². The third-order valence-corrected chi connectivity index (χ3v) is 21.1. The van der Waals surface area contributed by atoms with Crippen molar-refractivity contribution in [2.24, 2.45) is 22.7 Å². The van der Waals surface area contributed by atoms with E-state index in [2.05, 4.69) is 13.0 Å². The van der Waals surface area contributed by atoms with Crippen LogP contribution in [0.2, 0.25) is 0 Å². The Hall–Kier alpha value is -2.22. The summed E-state index contributed by atoms with van der Waals surface area (Å²) in [5.74, 6) is -1.63. The summed E-state index contributed by atoms with van der Waals surface area (Å²) in [5.41, 5.74) is -3.42. The Bertz CT molecular complexity index is 2320. The Balaban J connectivity index is 0.777. The van der Waals surface area contributed by atoms with Crippen LogP contribution in [0.4, 0.5) is 0 Å². The summed E-state index contributed by atoms with van der Waals surface area (Å²) in [5, 5.41) is 78.3. The standard InChI is InChI=1S/C60H96O24/c1-14-27(2)54(67)80-41-25-40-57(8)18-16-34(21-33(57)15-19-59(40,68)60(69)20-17-35(28(3)62)58(41,60)9)78-42-22-36(70-10)49(29(4)74-42)81-43-23-37(71-11)50(30(5)75-43)82-44-24-38(72-12)51(31(6)76-44)83-56-48(66)53(73-13)52(32(7)77-56)84-55-47(65)46(64)45(63)39(26-61)79-55/h14-15,29-32,34-53,55-56,61,63-66,68-69H,16-26H2,1-13H3. The van der Waals surface area contributed by atoms with Gasteiger partial charge in [0.15, 0.2) is 31.5 Å². The van der Waals surface area contributed by atoms with Gasteiger partial charge in [-0.15, -0.1) is 0 Å². The van der Waals surface area contributed by atoms with Crippen molar-refractivity contribution < 1.29 is 116 Å². The van der Waals surface area contributed by atoms with Crippen LogP contribution in [0, 0.1) is 22.7 Å². The molecule has 9 aliphatic rings. The normalized spacial score (nSPS) is 50.8. The lowest BCUT2D eigenvalue weighted by Gasteiger charge is -2.66. The molecule has 24 nitrogen and oxygen atoms in total. The van der Waals surface area contributed by atoms with Gasteiger partial charge in [-0.25, -0.2) is 4.79 Å². The van der Waals surface area contributed by atoms with Gasteiger partial charge < -0.3 is 107 Å². The third kappa shape index (κ3) is 11.9. The van der Waals surface area contributed by atoms with Crippen LogP contribution in [-0.4, -0.2) is 241 Å². The number of carbonyl (C=O) groups is 2. The molecule has 5 aliphatic heterocycles. The highest BCUT2D eigenvalue weighted by molar-refractivity contribution is 5.88. The minimum Gasteiger partial charge on any atom is -0.458 e. The van der Waals surface area contributed by atoms with Crippen LogP contribution in [-0.2, 0) is 80.6 Å². The van der Waals surface area contributed by atoms with E-state index in [1.54, 1.807) is 48.0 Å². The largest absolute Gasteiger partial charge is 0.458 e. The Kier molecular flexibility index (Phi) is 20.7. The monoisotopic (exact) mass is 1200 g/mol. The summed E-state index contributed by atoms with van der Waals surface area (Å²) in [6.07, 6.45) is -13.8. The van der Waals surface area contributed by atoms with Crippen LogP contribution in [0.3, 0.4) is 0 Å². The zero-order valence-electron chi connectivity index (χ0n) is 51.0. The molecule has 0 amide bonds. The molecule has 5 heterocycles. The zero-order valence-corrected chi connectivity index (χ0v) is 51.0. The Morgan fingerprint density at radius 1 is 0.631 bits per heavy atom. The van der Waals surface area contributed by atoms with E-state index in [0.717, 1.165) is 5.57 Å². The minimum absolute atomic E-state index is 0.0912. The fourth-order valence-electron chi connectivity index (χ4n) is 16.0. The molecular weight excluding hydrogens is 1100 g/mol. The fraction of sp³-hybridized carbons (Fsp3) is 0.900. The van der Waals surface area contributed by atoms with Gasteiger partial charge in [0.1, 0.15) is 84.1 Å². The first-order valence-electron chi connectivity index (χ1n) is 30.2. The van der Waals surface area contributed by atoms with E-state index in [4.69, 9.17) is 71.1 Å². The maximum Gasteiger partial charge on any atom is 0.333 e. The van der Waals surface area contributed by atoms with E-state index in [1.807, 2.05) is 20.8 Å². The summed E-state index contributed by atoms with van der Waals surface area (Å²) >= 11 is 0. The molecule has 30 unspecified atom stereocenters. The molecule has 0 radical (unpaired) electrons. The molecular formula is C60H96O24. The van der Waals surface area contributed by atoms with Crippen molar-refractivity contribution in [1.29, 1.82) is 0 Å². The molecule has 0 bridgehead atoms. The van der Waals surface area contributed by atoms with Crippen LogP contribution >= 0.6 is 0 Å². The molecule has 4 aliphatic carbocycles. The number of fused-ring (bicyclic) bond motifs is 5. The molecule has 7 N–H and O–H groups in total. The van der Waals surface area contributed by atoms with Gasteiger partial charge in [-0.1, -0.05) is 31.6 Å². The van der Waals surface area contributed by atoms with Gasteiger partial charge in [0, 0.05) is 70.5 Å². The lowest BCUT2D eigenvalue weighted by molar-refractivity contribution is -0.374. The lowest BCUT2D eigenvalue weighted by Crippen LogP contribution is -2.75. The SMILES string of the molecule is CC=C(C)C(=O)OC1CC2C3(C)CCC(OC4CC(OC)C(OC5CC(OC)C(OC6CC(OC)C(OC7OC(C)C(OC8OC(CO)C(O)C(O)C8O)C(OC)C7O)C(C)O6)C(C)O5)C(C)O4)CC3=CCC2(O)C2(O)CCC(C(C)=O)C12C. The number of carbonyl (C=O) groups excluding carboxylic acids is 2. The molecule has 5 saturated heterocycles. The number of esters is 1. The Morgan fingerprint density at radius 2 is 1.15 bits per heavy atom. The highest BCUT2D eigenvalue weighted by atomic mass is 16.8. The van der Waals surface area contributed by atoms with Crippen LogP contribution in [0.25, 0.3) is 0 Å². The zero-order chi connectivity index (χ0) is 61.1. The smallest absolute Gasteiger partial charge is 0.333 e. The predicted molar refractivity (Wildman–Crippen MR) is 292 cm³/mol. The molecule has 480 valence electrons. The van der Waals surface area contributed by atoms with Gasteiger partial charge in [-0.3, -0.25) is 4.79 Å². The number of ether oxygens (including phenoxy) is 15. The van der Waals surface area contributed by atoms with Crippen molar-refractivity contribution in [3.05, 3.63) is 23.3 Å². The lowest BCUT2D eigenvalue weighted by atomic mass is 9.43. The summed E-state index contributed by atoms with van der Waals surface area (Å²) < 4.78 is 93.6. The minimum atomic E-state index is -1.68. The van der Waals surface area contributed by atoms with Gasteiger partial charge in [0.25, 0.3) is 0 Å².